The third kappa shape index (κ3) is 2.62. The van der Waals surface area contributed by atoms with Crippen molar-refractivity contribution in [1.82, 2.24) is 0 Å². The lowest BCUT2D eigenvalue weighted by atomic mass is 9.99. The zero-order valence-corrected chi connectivity index (χ0v) is 10.6. The molecule has 1 aliphatic rings. The molecule has 1 atom stereocenters. The van der Waals surface area contributed by atoms with Crippen LogP contribution in [0.15, 0.2) is 12.1 Å². The smallest absolute Gasteiger partial charge is 0.507 e. The number of ether oxygens (including phenoxy) is 3. The third-order valence-electron chi connectivity index (χ3n) is 2.86. The summed E-state index contributed by atoms with van der Waals surface area (Å²) in [6.45, 7) is 1.34. The predicted octanol–water partition coefficient (Wildman–Crippen LogP) is 2.03. The first-order chi connectivity index (χ1) is 9.02. The summed E-state index contributed by atoms with van der Waals surface area (Å²) in [6, 6.07) is 3.14. The van der Waals surface area contributed by atoms with Crippen LogP contribution < -0.4 is 4.74 Å². The summed E-state index contributed by atoms with van der Waals surface area (Å²) in [4.78, 5) is 22.6. The van der Waals surface area contributed by atoms with Crippen molar-refractivity contribution >= 4 is 11.9 Å². The lowest BCUT2D eigenvalue weighted by Crippen LogP contribution is -2.29. The van der Waals surface area contributed by atoms with Gasteiger partial charge >= 0.3 is 6.16 Å². The second-order valence-electron chi connectivity index (χ2n) is 4.16. The Morgan fingerprint density at radius 2 is 2.16 bits per heavy atom. The Morgan fingerprint density at radius 3 is 2.79 bits per heavy atom. The van der Waals surface area contributed by atoms with Gasteiger partial charge in [-0.1, -0.05) is 6.07 Å². The highest BCUT2D eigenvalue weighted by atomic mass is 16.8. The van der Waals surface area contributed by atoms with E-state index in [0.29, 0.717) is 12.8 Å². The largest absolute Gasteiger partial charge is 0.511 e. The molecule has 102 valence electrons. The second-order valence-corrected chi connectivity index (χ2v) is 4.16. The van der Waals surface area contributed by atoms with E-state index in [1.54, 1.807) is 6.07 Å². The molecule has 0 aliphatic carbocycles. The Hall–Kier alpha value is -2.24. The van der Waals surface area contributed by atoms with Gasteiger partial charge in [-0.3, -0.25) is 4.79 Å². The fraction of sp³-hybridized carbons (Fsp3) is 0.385. The molecule has 1 aromatic rings. The van der Waals surface area contributed by atoms with Gasteiger partial charge in [-0.15, -0.1) is 0 Å². The van der Waals surface area contributed by atoms with Gasteiger partial charge in [0.2, 0.25) is 6.29 Å². The van der Waals surface area contributed by atoms with Crippen molar-refractivity contribution in [3.05, 3.63) is 23.3 Å². The van der Waals surface area contributed by atoms with Crippen LogP contribution in [0.5, 0.6) is 11.5 Å². The van der Waals surface area contributed by atoms with Crippen LogP contribution in [0.4, 0.5) is 4.79 Å². The molecular weight excluding hydrogens is 252 g/mol. The summed E-state index contributed by atoms with van der Waals surface area (Å²) in [5.41, 5.74) is 0.906. The van der Waals surface area contributed by atoms with E-state index in [0.717, 1.165) is 5.56 Å². The molecule has 0 radical (unpaired) electrons. The molecule has 6 heteroatoms. The van der Waals surface area contributed by atoms with Gasteiger partial charge < -0.3 is 19.3 Å². The molecule has 0 aromatic heterocycles. The lowest BCUT2D eigenvalue weighted by molar-refractivity contribution is -0.0690. The SMILES string of the molecule is COC(=O)OC1CCc2ccc(O)c(C(C)=O)c2O1. The molecule has 0 saturated carbocycles. The Labute approximate surface area is 109 Å². The molecule has 1 aromatic carbocycles. The molecule has 6 nitrogen and oxygen atoms in total. The highest BCUT2D eigenvalue weighted by Gasteiger charge is 2.28. The van der Waals surface area contributed by atoms with Crippen molar-refractivity contribution in [1.29, 1.82) is 0 Å². The number of carbonyl (C=O) groups is 2. The molecule has 1 aliphatic heterocycles. The highest BCUT2D eigenvalue weighted by molar-refractivity contribution is 6.00. The molecule has 1 N–H and O–H groups in total. The van der Waals surface area contributed by atoms with E-state index in [4.69, 9.17) is 9.47 Å². The Morgan fingerprint density at radius 1 is 1.42 bits per heavy atom. The van der Waals surface area contributed by atoms with Crippen molar-refractivity contribution in [2.75, 3.05) is 7.11 Å². The van der Waals surface area contributed by atoms with Crippen molar-refractivity contribution in [2.24, 2.45) is 0 Å². The number of aryl methyl sites for hydroxylation is 1. The minimum Gasteiger partial charge on any atom is -0.507 e. The minimum atomic E-state index is -0.849. The van der Waals surface area contributed by atoms with Crippen molar-refractivity contribution < 1.29 is 28.9 Å². The van der Waals surface area contributed by atoms with E-state index < -0.39 is 12.4 Å². The number of hydrogen-bond acceptors (Lipinski definition) is 6. The molecule has 0 fully saturated rings. The number of benzene rings is 1. The van der Waals surface area contributed by atoms with E-state index >= 15 is 0 Å². The number of rotatable bonds is 2. The number of fused-ring (bicyclic) bond motifs is 1. The van der Waals surface area contributed by atoms with Crippen LogP contribution in [0, 0.1) is 0 Å². The number of aromatic hydroxyl groups is 1. The zero-order valence-electron chi connectivity index (χ0n) is 10.6. The molecule has 0 spiro atoms. The summed E-state index contributed by atoms with van der Waals surface area (Å²) in [7, 11) is 1.20. The van der Waals surface area contributed by atoms with Crippen LogP contribution in [-0.4, -0.2) is 30.4 Å². The van der Waals surface area contributed by atoms with Gasteiger partial charge in [0, 0.05) is 6.42 Å². The maximum atomic E-state index is 11.6. The summed E-state index contributed by atoms with van der Waals surface area (Å²) in [5.74, 6) is -0.189. The average molecular weight is 266 g/mol. The number of carbonyl (C=O) groups excluding carboxylic acids is 2. The van der Waals surface area contributed by atoms with Gasteiger partial charge in [0.15, 0.2) is 5.78 Å². The fourth-order valence-electron chi connectivity index (χ4n) is 1.99. The topological polar surface area (TPSA) is 82.1 Å². The molecule has 1 heterocycles. The molecule has 2 rings (SSSR count). The monoisotopic (exact) mass is 266 g/mol. The van der Waals surface area contributed by atoms with Gasteiger partial charge in [-0.2, -0.15) is 0 Å². The molecular formula is C13H14O6. The van der Waals surface area contributed by atoms with Crippen molar-refractivity contribution in [2.45, 2.75) is 26.1 Å². The second kappa shape index (κ2) is 5.17. The first-order valence-electron chi connectivity index (χ1n) is 5.80. The molecule has 19 heavy (non-hydrogen) atoms. The molecule has 0 bridgehead atoms. The first-order valence-corrected chi connectivity index (χ1v) is 5.80. The van der Waals surface area contributed by atoms with Crippen molar-refractivity contribution in [3.8, 4) is 11.5 Å². The lowest BCUT2D eigenvalue weighted by Gasteiger charge is -2.26. The summed E-state index contributed by atoms with van der Waals surface area (Å²) in [5, 5.41) is 9.72. The van der Waals surface area contributed by atoms with Crippen LogP contribution >= 0.6 is 0 Å². The third-order valence-corrected chi connectivity index (χ3v) is 2.86. The number of Topliss-reactive ketones (excluding diaryl/α,β-unsaturated/α-hetero) is 1. The first kappa shape index (κ1) is 13.2. The van der Waals surface area contributed by atoms with Gasteiger partial charge in [-0.05, 0) is 25.0 Å². The van der Waals surface area contributed by atoms with E-state index in [1.807, 2.05) is 0 Å². The van der Waals surface area contributed by atoms with E-state index in [1.165, 1.54) is 20.1 Å². The Balaban J connectivity index is 2.30. The summed E-state index contributed by atoms with van der Waals surface area (Å²) >= 11 is 0. The number of methoxy groups -OCH3 is 1. The van der Waals surface area contributed by atoms with Crippen LogP contribution in [0.3, 0.4) is 0 Å². The maximum Gasteiger partial charge on any atom is 0.511 e. The molecule has 0 saturated heterocycles. The van der Waals surface area contributed by atoms with Crippen LogP contribution in [0.1, 0.15) is 29.3 Å². The van der Waals surface area contributed by atoms with Gasteiger partial charge in [-0.25, -0.2) is 4.79 Å². The van der Waals surface area contributed by atoms with Gasteiger partial charge in [0.25, 0.3) is 0 Å². The highest BCUT2D eigenvalue weighted by Crippen LogP contribution is 2.37. The maximum absolute atomic E-state index is 11.6. The number of phenols is 1. The van der Waals surface area contributed by atoms with Gasteiger partial charge in [0.05, 0.1) is 7.11 Å². The predicted molar refractivity (Wildman–Crippen MR) is 64.3 cm³/mol. The van der Waals surface area contributed by atoms with Gasteiger partial charge in [0.1, 0.15) is 17.1 Å². The molecule has 0 amide bonds. The minimum absolute atomic E-state index is 0.107. The van der Waals surface area contributed by atoms with Crippen molar-refractivity contribution in [3.63, 3.8) is 0 Å². The average Bonchev–Trinajstić information content (AvgIpc) is 2.37. The Bertz CT molecular complexity index is 522. The van der Waals surface area contributed by atoms with Crippen LogP contribution in [-0.2, 0) is 15.9 Å². The molecule has 1 unspecified atom stereocenters. The zero-order chi connectivity index (χ0) is 14.0. The quantitative estimate of drug-likeness (QED) is 0.651. The van der Waals surface area contributed by atoms with E-state index in [9.17, 15) is 14.7 Å². The Kier molecular flexibility index (Phi) is 3.59. The van der Waals surface area contributed by atoms with E-state index in [2.05, 4.69) is 4.74 Å². The van der Waals surface area contributed by atoms with E-state index in [-0.39, 0.29) is 22.8 Å². The normalized spacial score (nSPS) is 17.1. The fourth-order valence-corrected chi connectivity index (χ4v) is 1.99. The number of phenolic OH excluding ortho intramolecular Hbond substituents is 1. The van der Waals surface area contributed by atoms with Crippen LogP contribution in [0.25, 0.3) is 0 Å². The summed E-state index contributed by atoms with van der Waals surface area (Å²) in [6.07, 6.45) is -0.625. The number of hydrogen-bond donors (Lipinski definition) is 1. The standard InChI is InChI=1S/C13H14O6/c1-7(14)11-9(15)5-3-8-4-6-10(18-12(8)11)19-13(16)17-2/h3,5,10,15H,4,6H2,1-2H3. The number of ketones is 1. The summed E-state index contributed by atoms with van der Waals surface area (Å²) < 4.78 is 14.8. The van der Waals surface area contributed by atoms with Crippen LogP contribution in [0.2, 0.25) is 0 Å².